The van der Waals surface area contributed by atoms with Crippen LogP contribution < -0.4 is 0 Å². The van der Waals surface area contributed by atoms with Gasteiger partial charge in [-0.25, -0.2) is 16.8 Å². The molecule has 0 N–H and O–H groups in total. The van der Waals surface area contributed by atoms with Crippen molar-refractivity contribution in [2.24, 2.45) is 0 Å². The molecule has 6 nitrogen and oxygen atoms in total. The maximum atomic E-state index is 12.1. The van der Waals surface area contributed by atoms with Crippen LogP contribution in [-0.4, -0.2) is 63.7 Å². The smallest absolute Gasteiger partial charge is 0.744 e. The molecule has 9 heteroatoms. The molecule has 0 fully saturated rings. The van der Waals surface area contributed by atoms with Gasteiger partial charge in [-0.1, -0.05) is 282 Å². The molecule has 0 saturated carbocycles. The average Bonchev–Trinajstić information content (AvgIpc) is 3.36. The molecule has 0 amide bonds. The van der Waals surface area contributed by atoms with Gasteiger partial charge >= 0.3 is 37.7 Å². The molecular weight excluding hydrogens is 969 g/mol. The Morgan fingerprint density at radius 1 is 0.301 bits per heavy atom. The zero-order valence-corrected chi connectivity index (χ0v) is 50.9. The van der Waals surface area contributed by atoms with Gasteiger partial charge in [-0.2, -0.15) is 0 Å². The number of hydrogen-bond acceptors (Lipinski definition) is 6. The van der Waals surface area contributed by atoms with Crippen molar-refractivity contribution < 1.29 is 25.9 Å². The standard InChI is InChI=1S/2C32H52O3S.Ca/c2*1-3-5-7-9-11-13-15-17-19-23-28-27-32(36(33,34)35)31-26-22-21-25-30(31)29(28)24-20-18-16-14-12-10-8-6-4-2;/h2*21-22,25-27H,3-20,23-24H2,1-2H3,(H,33,34,35);/q;;+2/p-2. The minimum absolute atomic E-state index is 0. The second-order valence-electron chi connectivity index (χ2n) is 21.3. The molecular formula is C64H102CaO6S2. The van der Waals surface area contributed by atoms with E-state index < -0.39 is 20.2 Å². The maximum absolute atomic E-state index is 12.1. The molecule has 4 aromatic carbocycles. The molecule has 408 valence electrons. The van der Waals surface area contributed by atoms with E-state index in [1.807, 2.05) is 36.4 Å². The second-order valence-corrected chi connectivity index (χ2v) is 24.0. The molecule has 0 bridgehead atoms. The molecule has 0 aromatic heterocycles. The van der Waals surface area contributed by atoms with Crippen molar-refractivity contribution in [2.45, 2.75) is 294 Å². The SMILES string of the molecule is CCCCCCCCCCCc1cc(S(=O)(=O)[O-])c2ccccc2c1CCCCCCCCCCC.CCCCCCCCCCCc1cc(S(=O)(=O)[O-])c2ccccc2c1CCCCCCCCCCC.[Ca+2]. The van der Waals surface area contributed by atoms with Crippen molar-refractivity contribution in [3.63, 3.8) is 0 Å². The Morgan fingerprint density at radius 2 is 0.507 bits per heavy atom. The normalized spacial score (nSPS) is 11.8. The molecule has 0 radical (unpaired) electrons. The third kappa shape index (κ3) is 28.1. The summed E-state index contributed by atoms with van der Waals surface area (Å²) < 4.78 is 72.6. The summed E-state index contributed by atoms with van der Waals surface area (Å²) in [6.45, 7) is 9.01. The number of rotatable bonds is 42. The Hall–Kier alpha value is -1.52. The van der Waals surface area contributed by atoms with Crippen LogP contribution >= 0.6 is 0 Å². The summed E-state index contributed by atoms with van der Waals surface area (Å²) >= 11 is 0. The van der Waals surface area contributed by atoms with Gasteiger partial charge in [0, 0.05) is 0 Å². The fourth-order valence-electron chi connectivity index (χ4n) is 10.8. The van der Waals surface area contributed by atoms with Crippen LogP contribution in [0.15, 0.2) is 70.5 Å². The van der Waals surface area contributed by atoms with Crippen LogP contribution in [0.25, 0.3) is 21.5 Å². The predicted octanol–water partition coefficient (Wildman–Crippen LogP) is 19.4. The molecule has 0 atom stereocenters. The largest absolute Gasteiger partial charge is 2.00 e. The van der Waals surface area contributed by atoms with Crippen LogP contribution in [0.2, 0.25) is 0 Å². The Bertz CT molecular complexity index is 2100. The Labute approximate surface area is 478 Å². The summed E-state index contributed by atoms with van der Waals surface area (Å²) in [4.78, 5) is -0.0836. The van der Waals surface area contributed by atoms with Gasteiger partial charge in [-0.15, -0.1) is 0 Å². The van der Waals surface area contributed by atoms with Gasteiger partial charge in [0.25, 0.3) is 0 Å². The summed E-state index contributed by atoms with van der Waals surface area (Å²) in [5.74, 6) is 0. The average molecular weight is 1070 g/mol. The fraction of sp³-hybridized carbons (Fsp3) is 0.688. The number of benzene rings is 4. The first kappa shape index (κ1) is 67.6. The molecule has 73 heavy (non-hydrogen) atoms. The summed E-state index contributed by atoms with van der Waals surface area (Å²) in [7, 11) is -9.02. The third-order valence-corrected chi connectivity index (χ3v) is 16.9. The van der Waals surface area contributed by atoms with Crippen molar-refractivity contribution in [3.05, 3.63) is 82.9 Å². The molecule has 0 aliphatic carbocycles. The third-order valence-electron chi connectivity index (χ3n) is 15.1. The van der Waals surface area contributed by atoms with Crippen molar-refractivity contribution in [3.8, 4) is 0 Å². The first-order valence-electron chi connectivity index (χ1n) is 30.0. The minimum Gasteiger partial charge on any atom is -0.744 e. The van der Waals surface area contributed by atoms with Gasteiger partial charge in [0.15, 0.2) is 0 Å². The Balaban J connectivity index is 0.000000493. The zero-order valence-electron chi connectivity index (χ0n) is 47.0. The second kappa shape index (κ2) is 41.6. The van der Waals surface area contributed by atoms with Gasteiger partial charge in [0.1, 0.15) is 20.2 Å². The van der Waals surface area contributed by atoms with E-state index in [0.29, 0.717) is 10.8 Å². The van der Waals surface area contributed by atoms with Gasteiger partial charge in [-0.3, -0.25) is 0 Å². The minimum atomic E-state index is -4.51. The number of unbranched alkanes of at least 4 members (excludes halogenated alkanes) is 32. The van der Waals surface area contributed by atoms with E-state index >= 15 is 0 Å². The van der Waals surface area contributed by atoms with E-state index in [0.717, 1.165) is 86.1 Å². The zero-order chi connectivity index (χ0) is 52.1. The molecule has 0 spiro atoms. The summed E-state index contributed by atoms with van der Waals surface area (Å²) in [6, 6.07) is 18.6. The van der Waals surface area contributed by atoms with E-state index in [4.69, 9.17) is 0 Å². The maximum Gasteiger partial charge on any atom is 2.00 e. The molecule has 0 saturated heterocycles. The van der Waals surface area contributed by atoms with E-state index in [9.17, 15) is 25.9 Å². The van der Waals surface area contributed by atoms with Gasteiger partial charge in [0.05, 0.1) is 9.79 Å². The van der Waals surface area contributed by atoms with Crippen molar-refractivity contribution in [1.82, 2.24) is 0 Å². The molecule has 0 aliphatic heterocycles. The van der Waals surface area contributed by atoms with Crippen LogP contribution in [0, 0.1) is 0 Å². The fourth-order valence-corrected chi connectivity index (χ4v) is 12.3. The summed E-state index contributed by atoms with van der Waals surface area (Å²) in [6.07, 6.45) is 49.6. The van der Waals surface area contributed by atoms with Gasteiger partial charge in [0.2, 0.25) is 0 Å². The van der Waals surface area contributed by atoms with Crippen LogP contribution in [0.5, 0.6) is 0 Å². The number of fused-ring (bicyclic) bond motifs is 2. The van der Waals surface area contributed by atoms with Crippen LogP contribution in [0.1, 0.15) is 281 Å². The molecule has 4 rings (SSSR count). The summed E-state index contributed by atoms with van der Waals surface area (Å²) in [5.41, 5.74) is 4.68. The van der Waals surface area contributed by atoms with Gasteiger partial charge < -0.3 is 9.11 Å². The molecule has 0 aliphatic rings. The van der Waals surface area contributed by atoms with Crippen LogP contribution in [0.3, 0.4) is 0 Å². The topological polar surface area (TPSA) is 114 Å². The quantitative estimate of drug-likeness (QED) is 0.0248. The van der Waals surface area contributed by atoms with E-state index in [1.54, 1.807) is 24.3 Å². The number of aryl methyl sites for hydroxylation is 4. The summed E-state index contributed by atoms with van der Waals surface area (Å²) in [5, 5.41) is 3.10. The van der Waals surface area contributed by atoms with Crippen molar-refractivity contribution >= 4 is 79.5 Å². The van der Waals surface area contributed by atoms with E-state index in [2.05, 4.69) is 27.7 Å². The van der Waals surface area contributed by atoms with E-state index in [-0.39, 0.29) is 47.5 Å². The monoisotopic (exact) mass is 1070 g/mol. The van der Waals surface area contributed by atoms with Crippen LogP contribution in [-0.2, 0) is 45.9 Å². The van der Waals surface area contributed by atoms with Crippen molar-refractivity contribution in [1.29, 1.82) is 0 Å². The van der Waals surface area contributed by atoms with E-state index in [1.165, 1.54) is 204 Å². The van der Waals surface area contributed by atoms with Crippen LogP contribution in [0.4, 0.5) is 0 Å². The van der Waals surface area contributed by atoms with Crippen molar-refractivity contribution in [2.75, 3.05) is 0 Å². The van der Waals surface area contributed by atoms with Gasteiger partial charge in [-0.05, 0) is 107 Å². The Kier molecular flexibility index (Phi) is 38.5. The predicted molar refractivity (Wildman–Crippen MR) is 313 cm³/mol. The first-order chi connectivity index (χ1) is 35.0. The Morgan fingerprint density at radius 3 is 0.740 bits per heavy atom. The first-order valence-corrected chi connectivity index (χ1v) is 32.8. The molecule has 4 aromatic rings. The molecule has 0 unspecified atom stereocenters. The molecule has 0 heterocycles. The number of hydrogen-bond donors (Lipinski definition) is 0.